The molecule has 1 aromatic heterocycles. The van der Waals surface area contributed by atoms with Crippen molar-refractivity contribution in [1.82, 2.24) is 20.4 Å². The van der Waals surface area contributed by atoms with Crippen molar-refractivity contribution in [3.63, 3.8) is 0 Å². The molecule has 0 saturated carbocycles. The minimum Gasteiger partial charge on any atom is -0.463 e. The van der Waals surface area contributed by atoms with Crippen LogP contribution in [0, 0.1) is 5.41 Å². The quantitative estimate of drug-likeness (QED) is 0.279. The lowest BCUT2D eigenvalue weighted by atomic mass is 10.2. The third-order valence-corrected chi connectivity index (χ3v) is 6.76. The number of sulfone groups is 1. The highest BCUT2D eigenvalue weighted by Crippen LogP contribution is 2.30. The zero-order valence-electron chi connectivity index (χ0n) is 19.6. The minimum absolute atomic E-state index is 0.0206. The van der Waals surface area contributed by atoms with E-state index in [0.717, 1.165) is 19.3 Å². The molecule has 0 radical (unpaired) electrons. The molecule has 0 amide bonds. The van der Waals surface area contributed by atoms with Gasteiger partial charge in [0.05, 0.1) is 9.38 Å². The summed E-state index contributed by atoms with van der Waals surface area (Å²) in [5, 5.41) is 13.6. The van der Waals surface area contributed by atoms with Crippen molar-refractivity contribution in [2.75, 3.05) is 39.0 Å². The molecule has 0 unspecified atom stereocenters. The molecule has 198 valence electrons. The Kier molecular flexibility index (Phi) is 10.2. The Morgan fingerprint density at radius 3 is 2.53 bits per heavy atom. The summed E-state index contributed by atoms with van der Waals surface area (Å²) in [5.41, 5.74) is -1.99. The number of halogens is 4. The van der Waals surface area contributed by atoms with Gasteiger partial charge in [-0.2, -0.15) is 18.2 Å². The number of hydrogen-bond acceptors (Lipinski definition) is 10. The zero-order chi connectivity index (χ0) is 27.1. The van der Waals surface area contributed by atoms with Gasteiger partial charge in [0.15, 0.2) is 15.5 Å². The van der Waals surface area contributed by atoms with Gasteiger partial charge in [0.2, 0.25) is 5.82 Å². The molecule has 0 atom stereocenters. The number of benzene rings is 1. The van der Waals surface area contributed by atoms with Gasteiger partial charge in [0.25, 0.3) is 5.89 Å². The molecule has 1 aromatic carbocycles. The number of ether oxygens (including phenoxy) is 1. The van der Waals surface area contributed by atoms with Crippen molar-refractivity contribution >= 4 is 43.1 Å². The van der Waals surface area contributed by atoms with Crippen LogP contribution in [0.25, 0.3) is 17.1 Å². The molecular formula is C21H25BrF3N5O5S. The van der Waals surface area contributed by atoms with E-state index in [0.29, 0.717) is 6.54 Å². The number of alkyl halides is 3. The maximum absolute atomic E-state index is 13.2. The van der Waals surface area contributed by atoms with E-state index < -0.39 is 50.3 Å². The third-order valence-electron chi connectivity index (χ3n) is 4.86. The van der Waals surface area contributed by atoms with Crippen LogP contribution in [0.2, 0.25) is 0 Å². The fraction of sp³-hybridized carbons (Fsp3) is 0.429. The maximum Gasteiger partial charge on any atom is 0.433 e. The largest absolute Gasteiger partial charge is 0.463 e. The minimum atomic E-state index is -5.01. The molecule has 36 heavy (non-hydrogen) atoms. The first-order valence-corrected chi connectivity index (χ1v) is 13.3. The van der Waals surface area contributed by atoms with Crippen molar-refractivity contribution < 1.29 is 35.6 Å². The number of rotatable bonds is 12. The summed E-state index contributed by atoms with van der Waals surface area (Å²) in [4.78, 5) is 18.2. The van der Waals surface area contributed by atoms with Gasteiger partial charge in [-0.15, -0.1) is 0 Å². The second-order valence-corrected chi connectivity index (χ2v) is 10.2. The zero-order valence-corrected chi connectivity index (χ0v) is 22.1. The SMILES string of the molecule is CCN(CC)CCOC(=O)CN/C(=C(/Br)C(=N)C(F)(F)F)c1nc(-c2cccc(S(C)(=O)=O)c2)no1. The van der Waals surface area contributed by atoms with Crippen molar-refractivity contribution in [3.05, 3.63) is 34.6 Å². The molecule has 10 nitrogen and oxygen atoms in total. The van der Waals surface area contributed by atoms with Crippen LogP contribution < -0.4 is 5.32 Å². The van der Waals surface area contributed by atoms with E-state index in [1.54, 1.807) is 0 Å². The van der Waals surface area contributed by atoms with Crippen LogP contribution in [-0.4, -0.2) is 80.4 Å². The van der Waals surface area contributed by atoms with Gasteiger partial charge in [-0.3, -0.25) is 10.2 Å². The van der Waals surface area contributed by atoms with Crippen LogP contribution >= 0.6 is 15.9 Å². The number of nitrogens with one attached hydrogen (secondary N) is 2. The number of carbonyl (C=O) groups excluding carboxylic acids is 1. The summed E-state index contributed by atoms with van der Waals surface area (Å²) in [6.07, 6.45) is -4.00. The van der Waals surface area contributed by atoms with Gasteiger partial charge in [-0.25, -0.2) is 8.42 Å². The summed E-state index contributed by atoms with van der Waals surface area (Å²) in [6, 6.07) is 5.57. The van der Waals surface area contributed by atoms with Crippen LogP contribution in [0.1, 0.15) is 19.7 Å². The van der Waals surface area contributed by atoms with Crippen molar-refractivity contribution in [1.29, 1.82) is 5.41 Å². The predicted octanol–water partition coefficient (Wildman–Crippen LogP) is 3.26. The standard InChI is InChI=1S/C21H25BrF3N5O5S/c1-4-30(5-2)9-10-34-15(31)12-27-17(16(22)18(26)21(23,24)25)20-28-19(29-35-20)13-7-6-8-14(11-13)36(3,32)33/h6-8,11,26-27H,4-5,9-10,12H2,1-3H3/b17-16+,26-18?. The highest BCUT2D eigenvalue weighted by molar-refractivity contribution is 9.12. The summed E-state index contributed by atoms with van der Waals surface area (Å²) in [5.74, 6) is -1.33. The van der Waals surface area contributed by atoms with E-state index >= 15 is 0 Å². The van der Waals surface area contributed by atoms with Crippen LogP contribution in [0.3, 0.4) is 0 Å². The number of esters is 1. The molecule has 1 heterocycles. The summed E-state index contributed by atoms with van der Waals surface area (Å²) < 4.78 is 72.6. The molecule has 2 rings (SSSR count). The van der Waals surface area contributed by atoms with Gasteiger partial charge in [-0.05, 0) is 41.2 Å². The van der Waals surface area contributed by atoms with Crippen LogP contribution in [0.5, 0.6) is 0 Å². The summed E-state index contributed by atoms with van der Waals surface area (Å²) in [6.45, 7) is 5.46. The molecule has 2 N–H and O–H groups in total. The lowest BCUT2D eigenvalue weighted by Crippen LogP contribution is -2.31. The average molecular weight is 596 g/mol. The highest BCUT2D eigenvalue weighted by atomic mass is 79.9. The Bertz CT molecular complexity index is 1230. The van der Waals surface area contributed by atoms with E-state index in [1.807, 2.05) is 18.7 Å². The Morgan fingerprint density at radius 1 is 1.28 bits per heavy atom. The van der Waals surface area contributed by atoms with Crippen LogP contribution in [0.4, 0.5) is 13.2 Å². The smallest absolute Gasteiger partial charge is 0.433 e. The average Bonchev–Trinajstić information content (AvgIpc) is 3.30. The number of hydrogen-bond donors (Lipinski definition) is 2. The number of nitrogens with zero attached hydrogens (tertiary/aromatic N) is 3. The molecule has 2 aromatic rings. The van der Waals surface area contributed by atoms with Gasteiger partial charge < -0.3 is 19.5 Å². The lowest BCUT2D eigenvalue weighted by Gasteiger charge is -2.17. The number of allylic oxidation sites excluding steroid dienone is 1. The molecular weight excluding hydrogens is 571 g/mol. The van der Waals surface area contributed by atoms with Crippen molar-refractivity contribution in [3.8, 4) is 11.4 Å². The monoisotopic (exact) mass is 595 g/mol. The number of likely N-dealkylation sites (N-methyl/N-ethyl adjacent to an activating group) is 1. The fourth-order valence-electron chi connectivity index (χ4n) is 2.84. The summed E-state index contributed by atoms with van der Waals surface area (Å²) in [7, 11) is -3.54. The van der Waals surface area contributed by atoms with Gasteiger partial charge in [0.1, 0.15) is 18.8 Å². The number of aromatic nitrogens is 2. The molecule has 0 aliphatic rings. The second-order valence-electron chi connectivity index (χ2n) is 7.39. The second kappa shape index (κ2) is 12.5. The molecule has 0 fully saturated rings. The van der Waals surface area contributed by atoms with E-state index in [2.05, 4.69) is 31.4 Å². The lowest BCUT2D eigenvalue weighted by molar-refractivity contribution is -0.142. The van der Waals surface area contributed by atoms with E-state index in [-0.39, 0.29) is 22.9 Å². The molecule has 15 heteroatoms. The Hall–Kier alpha value is -2.78. The molecule has 0 bridgehead atoms. The first-order chi connectivity index (χ1) is 16.8. The number of carbonyl (C=O) groups is 1. The van der Waals surface area contributed by atoms with E-state index in [4.69, 9.17) is 14.7 Å². The normalized spacial score (nSPS) is 12.9. The van der Waals surface area contributed by atoms with E-state index in [9.17, 15) is 26.4 Å². The maximum atomic E-state index is 13.2. The van der Waals surface area contributed by atoms with Crippen LogP contribution in [-0.2, 0) is 19.4 Å². The Morgan fingerprint density at radius 2 is 1.94 bits per heavy atom. The van der Waals surface area contributed by atoms with Crippen molar-refractivity contribution in [2.45, 2.75) is 24.9 Å². The van der Waals surface area contributed by atoms with Crippen molar-refractivity contribution in [2.24, 2.45) is 0 Å². The van der Waals surface area contributed by atoms with Crippen LogP contribution in [0.15, 0.2) is 38.2 Å². The topological polar surface area (TPSA) is 138 Å². The first-order valence-electron chi connectivity index (χ1n) is 10.6. The third kappa shape index (κ3) is 8.13. The van der Waals surface area contributed by atoms with Gasteiger partial charge >= 0.3 is 12.1 Å². The van der Waals surface area contributed by atoms with Gasteiger partial charge in [0, 0.05) is 18.4 Å². The predicted molar refractivity (Wildman–Crippen MR) is 129 cm³/mol. The highest BCUT2D eigenvalue weighted by Gasteiger charge is 2.38. The molecule has 0 aliphatic carbocycles. The van der Waals surface area contributed by atoms with Gasteiger partial charge in [-0.1, -0.05) is 31.1 Å². The Labute approximate surface area is 214 Å². The van der Waals surface area contributed by atoms with E-state index in [1.165, 1.54) is 24.3 Å². The Balaban J connectivity index is 2.30. The first kappa shape index (κ1) is 29.5. The molecule has 0 spiro atoms. The summed E-state index contributed by atoms with van der Waals surface area (Å²) >= 11 is 2.73. The molecule has 0 aliphatic heterocycles. The fourth-order valence-corrected chi connectivity index (χ4v) is 4.05. The molecule has 0 saturated heterocycles.